The van der Waals surface area contributed by atoms with E-state index in [2.05, 4.69) is 37.2 Å². The number of nitrogens with one attached hydrogen (secondary N) is 1. The lowest BCUT2D eigenvalue weighted by Crippen LogP contribution is -2.36. The van der Waals surface area contributed by atoms with Gasteiger partial charge in [-0.15, -0.1) is 0 Å². The van der Waals surface area contributed by atoms with Gasteiger partial charge in [0.25, 0.3) is 5.91 Å². The predicted octanol–water partition coefficient (Wildman–Crippen LogP) is 2.90. The molecule has 4 rings (SSSR count). The summed E-state index contributed by atoms with van der Waals surface area (Å²) in [6.07, 6.45) is 1.44. The summed E-state index contributed by atoms with van der Waals surface area (Å²) in [7, 11) is 0. The van der Waals surface area contributed by atoms with Crippen molar-refractivity contribution in [2.45, 2.75) is 12.6 Å². The number of rotatable bonds is 5. The van der Waals surface area contributed by atoms with Crippen LogP contribution in [0.3, 0.4) is 0 Å². The predicted molar refractivity (Wildman–Crippen MR) is 104 cm³/mol. The van der Waals surface area contributed by atoms with Gasteiger partial charge in [0.15, 0.2) is 5.69 Å². The van der Waals surface area contributed by atoms with Gasteiger partial charge in [-0.05, 0) is 11.6 Å². The summed E-state index contributed by atoms with van der Waals surface area (Å²) in [4.78, 5) is 14.4. The molecule has 1 atom stereocenters. The average molecular weight is 380 g/mol. The van der Waals surface area contributed by atoms with E-state index in [-0.39, 0.29) is 12.0 Å². The minimum Gasteiger partial charge on any atom is -0.484 e. The fourth-order valence-corrected chi connectivity index (χ4v) is 3.59. The fraction of sp³-hybridized carbons (Fsp3) is 0.250. The third kappa shape index (κ3) is 4.32. The number of hydrogen-bond donors (Lipinski definition) is 1. The molecule has 1 amide bonds. The van der Waals surface area contributed by atoms with E-state index >= 15 is 0 Å². The number of carbonyl (C=O) groups is 1. The smallest absolute Gasteiger partial charge is 0.272 e. The summed E-state index contributed by atoms with van der Waals surface area (Å²) >= 11 is 1.03. The molecule has 27 heavy (non-hydrogen) atoms. The van der Waals surface area contributed by atoms with Gasteiger partial charge in [0.05, 0.1) is 17.9 Å². The zero-order valence-corrected chi connectivity index (χ0v) is 15.6. The second-order valence-electron chi connectivity index (χ2n) is 6.41. The molecule has 1 N–H and O–H groups in total. The Balaban J connectivity index is 1.45. The maximum Gasteiger partial charge on any atom is 0.272 e. The molecule has 6 nitrogen and oxygen atoms in total. The molecule has 138 valence electrons. The lowest BCUT2D eigenvalue weighted by Gasteiger charge is -2.24. The summed E-state index contributed by atoms with van der Waals surface area (Å²) in [6, 6.07) is 18.4. The molecule has 1 aliphatic heterocycles. The van der Waals surface area contributed by atoms with Crippen molar-refractivity contribution in [1.82, 2.24) is 19.0 Å². The quantitative estimate of drug-likeness (QED) is 0.737. The van der Waals surface area contributed by atoms with Crippen molar-refractivity contribution in [3.63, 3.8) is 0 Å². The molecule has 7 heteroatoms. The summed E-state index contributed by atoms with van der Waals surface area (Å²) < 4.78 is 14.1. The van der Waals surface area contributed by atoms with Gasteiger partial charge in [0.1, 0.15) is 11.9 Å². The molecule has 2 heterocycles. The van der Waals surface area contributed by atoms with E-state index in [0.717, 1.165) is 48.2 Å². The van der Waals surface area contributed by atoms with Gasteiger partial charge in [-0.25, -0.2) is 0 Å². The lowest BCUT2D eigenvalue weighted by atomic mass is 10.1. The maximum atomic E-state index is 12.0. The van der Waals surface area contributed by atoms with Gasteiger partial charge in [0.2, 0.25) is 0 Å². The van der Waals surface area contributed by atoms with Crippen molar-refractivity contribution in [3.05, 3.63) is 77.6 Å². The molecule has 1 aliphatic rings. The maximum absolute atomic E-state index is 12.0. The SMILES string of the molecule is O=C(NCCN1Cc2ccccc2O[C@H](c2ccccc2)C1)c1cnsn1. The number of amides is 1. The summed E-state index contributed by atoms with van der Waals surface area (Å²) in [5.41, 5.74) is 2.68. The summed E-state index contributed by atoms with van der Waals surface area (Å²) in [5, 5.41) is 2.91. The van der Waals surface area contributed by atoms with E-state index in [0.29, 0.717) is 12.2 Å². The Morgan fingerprint density at radius 3 is 2.81 bits per heavy atom. The summed E-state index contributed by atoms with van der Waals surface area (Å²) in [6.45, 7) is 2.81. The molecule has 0 radical (unpaired) electrons. The molecule has 0 spiro atoms. The van der Waals surface area contributed by atoms with Gasteiger partial charge < -0.3 is 10.1 Å². The zero-order chi connectivity index (χ0) is 18.5. The van der Waals surface area contributed by atoms with Gasteiger partial charge in [-0.3, -0.25) is 9.69 Å². The molecule has 0 saturated carbocycles. The van der Waals surface area contributed by atoms with E-state index in [9.17, 15) is 4.79 Å². The van der Waals surface area contributed by atoms with Gasteiger partial charge in [0, 0.05) is 31.7 Å². The van der Waals surface area contributed by atoms with Crippen LogP contribution in [0.15, 0.2) is 60.8 Å². The fourth-order valence-electron chi connectivity index (χ4n) is 3.17. The highest BCUT2D eigenvalue weighted by Crippen LogP contribution is 2.30. The van der Waals surface area contributed by atoms with E-state index < -0.39 is 0 Å². The first-order valence-corrected chi connectivity index (χ1v) is 9.60. The topological polar surface area (TPSA) is 67.4 Å². The highest BCUT2D eigenvalue weighted by molar-refractivity contribution is 6.99. The Kier molecular flexibility index (Phi) is 5.41. The lowest BCUT2D eigenvalue weighted by molar-refractivity contribution is 0.0939. The Labute approximate surface area is 162 Å². The van der Waals surface area contributed by atoms with Crippen LogP contribution in [-0.2, 0) is 6.54 Å². The van der Waals surface area contributed by atoms with Gasteiger partial charge >= 0.3 is 0 Å². The normalized spacial score (nSPS) is 16.8. The molecule has 0 saturated heterocycles. The van der Waals surface area contributed by atoms with Crippen LogP contribution >= 0.6 is 11.7 Å². The van der Waals surface area contributed by atoms with Crippen LogP contribution in [0.2, 0.25) is 0 Å². The van der Waals surface area contributed by atoms with Crippen LogP contribution in [0, 0.1) is 0 Å². The van der Waals surface area contributed by atoms with E-state index in [1.807, 2.05) is 36.4 Å². The van der Waals surface area contributed by atoms with Crippen LogP contribution in [-0.4, -0.2) is 39.2 Å². The number of aromatic nitrogens is 2. The first kappa shape index (κ1) is 17.6. The minimum absolute atomic E-state index is 0.0479. The third-order valence-electron chi connectivity index (χ3n) is 4.54. The number of fused-ring (bicyclic) bond motifs is 1. The average Bonchev–Trinajstić information content (AvgIpc) is 3.17. The highest BCUT2D eigenvalue weighted by Gasteiger charge is 2.24. The first-order chi connectivity index (χ1) is 13.3. The third-order valence-corrected chi connectivity index (χ3v) is 5.02. The van der Waals surface area contributed by atoms with Crippen molar-refractivity contribution in [1.29, 1.82) is 0 Å². The van der Waals surface area contributed by atoms with Crippen LogP contribution < -0.4 is 10.1 Å². The molecule has 1 aromatic heterocycles. The van der Waals surface area contributed by atoms with Crippen molar-refractivity contribution in [2.75, 3.05) is 19.6 Å². The Morgan fingerprint density at radius 1 is 1.19 bits per heavy atom. The largest absolute Gasteiger partial charge is 0.484 e. The van der Waals surface area contributed by atoms with E-state index in [1.165, 1.54) is 6.20 Å². The Bertz CT molecular complexity index is 886. The molecule has 0 aliphatic carbocycles. The van der Waals surface area contributed by atoms with E-state index in [1.54, 1.807) is 0 Å². The van der Waals surface area contributed by atoms with Crippen molar-refractivity contribution in [2.24, 2.45) is 0 Å². The number of nitrogens with zero attached hydrogens (tertiary/aromatic N) is 3. The van der Waals surface area contributed by atoms with E-state index in [4.69, 9.17) is 4.74 Å². The Hall–Kier alpha value is -2.77. The second kappa shape index (κ2) is 8.28. The molecule has 0 unspecified atom stereocenters. The molecule has 2 aromatic carbocycles. The molecule has 3 aromatic rings. The molecule has 0 bridgehead atoms. The highest BCUT2D eigenvalue weighted by atomic mass is 32.1. The van der Waals surface area contributed by atoms with Crippen LogP contribution in [0.25, 0.3) is 0 Å². The number of carbonyl (C=O) groups excluding carboxylic acids is 1. The second-order valence-corrected chi connectivity index (χ2v) is 6.97. The monoisotopic (exact) mass is 380 g/mol. The number of para-hydroxylation sites is 1. The van der Waals surface area contributed by atoms with Crippen molar-refractivity contribution in [3.8, 4) is 5.75 Å². The van der Waals surface area contributed by atoms with Crippen LogP contribution in [0.1, 0.15) is 27.7 Å². The Morgan fingerprint density at radius 2 is 2.00 bits per heavy atom. The molecular formula is C20H20N4O2S. The van der Waals surface area contributed by atoms with Crippen molar-refractivity contribution < 1.29 is 9.53 Å². The zero-order valence-electron chi connectivity index (χ0n) is 14.7. The minimum atomic E-state index is -0.185. The first-order valence-electron chi connectivity index (χ1n) is 8.87. The summed E-state index contributed by atoms with van der Waals surface area (Å²) in [5.74, 6) is 0.737. The number of hydrogen-bond acceptors (Lipinski definition) is 6. The molecular weight excluding hydrogens is 360 g/mol. The van der Waals surface area contributed by atoms with Crippen LogP contribution in [0.4, 0.5) is 0 Å². The molecule has 0 fully saturated rings. The van der Waals surface area contributed by atoms with Gasteiger partial charge in [-0.1, -0.05) is 48.5 Å². The van der Waals surface area contributed by atoms with Gasteiger partial charge in [-0.2, -0.15) is 8.75 Å². The standard InChI is InChI=1S/C20H20N4O2S/c25-20(17-12-22-27-23-17)21-10-11-24-13-16-8-4-5-9-18(16)26-19(14-24)15-6-2-1-3-7-15/h1-9,12,19H,10-11,13-14H2,(H,21,25)/t19-/m0/s1. The van der Waals surface area contributed by atoms with Crippen LogP contribution in [0.5, 0.6) is 5.75 Å². The number of ether oxygens (including phenoxy) is 1. The van der Waals surface area contributed by atoms with Crippen molar-refractivity contribution >= 4 is 17.6 Å². The number of benzene rings is 2.